The number of rotatable bonds is 5. The molecule has 0 radical (unpaired) electrons. The van der Waals surface area contributed by atoms with E-state index in [9.17, 15) is 4.79 Å². The van der Waals surface area contributed by atoms with Gasteiger partial charge in [0, 0.05) is 21.6 Å². The molecule has 0 saturated carbocycles. The van der Waals surface area contributed by atoms with Gasteiger partial charge in [0.15, 0.2) is 10.8 Å². The van der Waals surface area contributed by atoms with Gasteiger partial charge in [0.05, 0.1) is 13.7 Å². The molecule has 1 heterocycles. The van der Waals surface area contributed by atoms with Gasteiger partial charge in [-0.3, -0.25) is 0 Å². The van der Waals surface area contributed by atoms with Crippen LogP contribution in [0.25, 0.3) is 0 Å². The number of esters is 1. The van der Waals surface area contributed by atoms with Crippen molar-refractivity contribution in [3.05, 3.63) is 33.7 Å². The van der Waals surface area contributed by atoms with Crippen LogP contribution in [0.1, 0.15) is 17.4 Å². The third-order valence-corrected chi connectivity index (χ3v) is 3.56. The molecule has 0 spiro atoms. The molecule has 1 aromatic heterocycles. The summed E-state index contributed by atoms with van der Waals surface area (Å²) < 4.78 is 11.0. The van der Waals surface area contributed by atoms with Crippen LogP contribution in [-0.4, -0.2) is 24.7 Å². The van der Waals surface area contributed by atoms with Gasteiger partial charge in [0.1, 0.15) is 5.75 Å². The summed E-state index contributed by atoms with van der Waals surface area (Å²) in [6, 6.07) is 5.60. The lowest BCUT2D eigenvalue weighted by molar-refractivity contribution is 0.0520. The van der Waals surface area contributed by atoms with E-state index in [1.165, 1.54) is 11.3 Å². The molecule has 0 bridgehead atoms. The van der Waals surface area contributed by atoms with Crippen LogP contribution < -0.4 is 10.1 Å². The average Bonchev–Trinajstić information content (AvgIpc) is 2.87. The largest absolute Gasteiger partial charge is 0.497 e. The second-order valence-electron chi connectivity index (χ2n) is 3.76. The average molecular weight is 357 g/mol. The maximum absolute atomic E-state index is 11.5. The summed E-state index contributed by atoms with van der Waals surface area (Å²) in [7, 11) is 1.60. The first kappa shape index (κ1) is 14.8. The van der Waals surface area contributed by atoms with Crippen LogP contribution in [0.4, 0.5) is 10.8 Å². The quantitative estimate of drug-likeness (QED) is 0.824. The molecule has 0 saturated heterocycles. The summed E-state index contributed by atoms with van der Waals surface area (Å²) in [5.74, 6) is 0.313. The van der Waals surface area contributed by atoms with E-state index >= 15 is 0 Å². The van der Waals surface area contributed by atoms with Crippen LogP contribution in [0.5, 0.6) is 5.75 Å². The number of carbonyl (C=O) groups is 1. The van der Waals surface area contributed by atoms with Crippen LogP contribution in [-0.2, 0) is 4.74 Å². The zero-order valence-corrected chi connectivity index (χ0v) is 13.4. The monoisotopic (exact) mass is 356 g/mol. The summed E-state index contributed by atoms with van der Waals surface area (Å²) in [4.78, 5) is 15.7. The molecule has 0 unspecified atom stereocenters. The second-order valence-corrected chi connectivity index (χ2v) is 5.54. The Morgan fingerprint density at radius 3 is 2.95 bits per heavy atom. The minimum absolute atomic E-state index is 0.307. The standard InChI is InChI=1S/C13H13BrN2O3S/c1-3-19-12(17)11-7-20-13(16-11)15-9-4-8(14)5-10(6-9)18-2/h4-7H,3H2,1-2H3,(H,15,16). The van der Waals surface area contributed by atoms with Gasteiger partial charge in [-0.25, -0.2) is 9.78 Å². The summed E-state index contributed by atoms with van der Waals surface area (Å²) in [6.45, 7) is 2.10. The minimum atomic E-state index is -0.413. The maximum Gasteiger partial charge on any atom is 0.357 e. The summed E-state index contributed by atoms with van der Waals surface area (Å²) in [5, 5.41) is 5.41. The highest BCUT2D eigenvalue weighted by Gasteiger charge is 2.11. The fourth-order valence-electron chi connectivity index (χ4n) is 1.51. The number of methoxy groups -OCH3 is 1. The van der Waals surface area contributed by atoms with Gasteiger partial charge in [-0.05, 0) is 19.1 Å². The van der Waals surface area contributed by atoms with Crippen LogP contribution in [0.3, 0.4) is 0 Å². The van der Waals surface area contributed by atoms with Crippen LogP contribution in [0.15, 0.2) is 28.1 Å². The first-order valence-electron chi connectivity index (χ1n) is 5.86. The number of hydrogen-bond donors (Lipinski definition) is 1. The molecule has 0 amide bonds. The zero-order chi connectivity index (χ0) is 14.5. The Bertz CT molecular complexity index is 615. The molecule has 106 valence electrons. The number of ether oxygens (including phenoxy) is 2. The van der Waals surface area contributed by atoms with Crippen molar-refractivity contribution >= 4 is 44.1 Å². The van der Waals surface area contributed by atoms with E-state index in [1.807, 2.05) is 18.2 Å². The van der Waals surface area contributed by atoms with Gasteiger partial charge in [0.25, 0.3) is 0 Å². The van der Waals surface area contributed by atoms with Crippen molar-refractivity contribution in [2.24, 2.45) is 0 Å². The van der Waals surface area contributed by atoms with Crippen LogP contribution in [0, 0.1) is 0 Å². The minimum Gasteiger partial charge on any atom is -0.497 e. The molecule has 1 aromatic carbocycles. The molecule has 2 rings (SSSR count). The number of hydrogen-bond acceptors (Lipinski definition) is 6. The van der Waals surface area contributed by atoms with Crippen molar-refractivity contribution in [1.82, 2.24) is 4.98 Å². The van der Waals surface area contributed by atoms with Crippen molar-refractivity contribution in [3.63, 3.8) is 0 Å². The van der Waals surface area contributed by atoms with Gasteiger partial charge >= 0.3 is 5.97 Å². The second kappa shape index (κ2) is 6.71. The molecule has 0 atom stereocenters. The van der Waals surface area contributed by atoms with E-state index in [0.717, 1.165) is 15.9 Å². The number of aromatic nitrogens is 1. The Kier molecular flexibility index (Phi) is 4.97. The van der Waals surface area contributed by atoms with Gasteiger partial charge in [-0.15, -0.1) is 11.3 Å². The van der Waals surface area contributed by atoms with Crippen LogP contribution in [0.2, 0.25) is 0 Å². The smallest absolute Gasteiger partial charge is 0.357 e. The number of thiazole rings is 1. The molecule has 7 heteroatoms. The Hall–Kier alpha value is -1.60. The Labute approximate surface area is 129 Å². The number of nitrogens with one attached hydrogen (secondary N) is 1. The van der Waals surface area contributed by atoms with Gasteiger partial charge in [0.2, 0.25) is 0 Å². The summed E-state index contributed by atoms with van der Waals surface area (Å²) in [6.07, 6.45) is 0. The van der Waals surface area contributed by atoms with Crippen molar-refractivity contribution < 1.29 is 14.3 Å². The number of nitrogens with zero attached hydrogens (tertiary/aromatic N) is 1. The zero-order valence-electron chi connectivity index (χ0n) is 11.0. The third kappa shape index (κ3) is 3.71. The molecule has 0 aliphatic carbocycles. The highest BCUT2D eigenvalue weighted by molar-refractivity contribution is 9.10. The Morgan fingerprint density at radius 1 is 1.45 bits per heavy atom. The van der Waals surface area contributed by atoms with Gasteiger partial charge in [-0.1, -0.05) is 15.9 Å². The molecular formula is C13H13BrN2O3S. The number of benzene rings is 1. The molecule has 0 fully saturated rings. The van der Waals surface area contributed by atoms with Crippen molar-refractivity contribution in [2.75, 3.05) is 19.0 Å². The molecular weight excluding hydrogens is 344 g/mol. The Balaban J connectivity index is 2.14. The SMILES string of the molecule is CCOC(=O)c1csc(Nc2cc(Br)cc(OC)c2)n1. The summed E-state index contributed by atoms with van der Waals surface area (Å²) >= 11 is 4.74. The number of anilines is 2. The third-order valence-electron chi connectivity index (χ3n) is 2.35. The lowest BCUT2D eigenvalue weighted by Gasteiger charge is -2.06. The van der Waals surface area contributed by atoms with Crippen molar-refractivity contribution in [1.29, 1.82) is 0 Å². The fourth-order valence-corrected chi connectivity index (χ4v) is 2.68. The maximum atomic E-state index is 11.5. The molecule has 2 aromatic rings. The van der Waals surface area contributed by atoms with E-state index < -0.39 is 5.97 Å². The first-order chi connectivity index (χ1) is 9.62. The van der Waals surface area contributed by atoms with E-state index in [0.29, 0.717) is 17.4 Å². The van der Waals surface area contributed by atoms with Crippen LogP contribution >= 0.6 is 27.3 Å². The summed E-state index contributed by atoms with van der Waals surface area (Å²) in [5.41, 5.74) is 1.13. The Morgan fingerprint density at radius 2 is 2.25 bits per heavy atom. The van der Waals surface area contributed by atoms with Crippen molar-refractivity contribution in [3.8, 4) is 5.75 Å². The highest BCUT2D eigenvalue weighted by atomic mass is 79.9. The normalized spacial score (nSPS) is 10.2. The predicted molar refractivity (Wildman–Crippen MR) is 82.0 cm³/mol. The molecule has 20 heavy (non-hydrogen) atoms. The van der Waals surface area contributed by atoms with E-state index in [2.05, 4.69) is 26.2 Å². The fraction of sp³-hybridized carbons (Fsp3) is 0.231. The number of halogens is 1. The predicted octanol–water partition coefficient (Wildman–Crippen LogP) is 3.83. The van der Waals surface area contributed by atoms with E-state index in [-0.39, 0.29) is 0 Å². The van der Waals surface area contributed by atoms with Gasteiger partial charge in [-0.2, -0.15) is 0 Å². The molecule has 5 nitrogen and oxygen atoms in total. The van der Waals surface area contributed by atoms with Gasteiger partial charge < -0.3 is 14.8 Å². The number of carbonyl (C=O) groups excluding carboxylic acids is 1. The lowest BCUT2D eigenvalue weighted by Crippen LogP contribution is -2.05. The molecule has 0 aliphatic rings. The topological polar surface area (TPSA) is 60.5 Å². The van der Waals surface area contributed by atoms with E-state index in [1.54, 1.807) is 19.4 Å². The molecule has 0 aliphatic heterocycles. The van der Waals surface area contributed by atoms with E-state index in [4.69, 9.17) is 9.47 Å². The highest BCUT2D eigenvalue weighted by Crippen LogP contribution is 2.28. The first-order valence-corrected chi connectivity index (χ1v) is 7.54. The lowest BCUT2D eigenvalue weighted by atomic mass is 10.3. The molecule has 1 N–H and O–H groups in total. The van der Waals surface area contributed by atoms with Crippen molar-refractivity contribution in [2.45, 2.75) is 6.92 Å².